The molecule has 31 heavy (non-hydrogen) atoms. The van der Waals surface area contributed by atoms with Crippen LogP contribution in [-0.2, 0) is 0 Å². The van der Waals surface area contributed by atoms with E-state index in [4.69, 9.17) is 17.3 Å². The molecule has 0 radical (unpaired) electrons. The Morgan fingerprint density at radius 2 is 1.97 bits per heavy atom. The number of nitrogens with two attached hydrogens (primary N) is 1. The molecular formula is C21H25Cl2N7O. The third-order valence-corrected chi connectivity index (χ3v) is 5.41. The Bertz CT molecular complexity index is 1040. The highest BCUT2D eigenvalue weighted by Crippen LogP contribution is 2.27. The number of hydrogen-bond donors (Lipinski definition) is 2. The van der Waals surface area contributed by atoms with Crippen molar-refractivity contribution in [2.75, 3.05) is 43.4 Å². The minimum Gasteiger partial charge on any atom is -0.508 e. The lowest BCUT2D eigenvalue weighted by Crippen LogP contribution is -2.46. The van der Waals surface area contributed by atoms with Crippen molar-refractivity contribution in [3.63, 3.8) is 0 Å². The number of aromatic hydroxyl groups is 1. The van der Waals surface area contributed by atoms with Gasteiger partial charge in [0.05, 0.1) is 11.9 Å². The highest BCUT2D eigenvalue weighted by molar-refractivity contribution is 6.31. The standard InChI is InChI=1S/C21H24ClN7O.ClH/c1-15-16(14-25-29(15)20-4-5-24-21(23)26-20)3-2-6-27-7-9-28(10-8-27)18-11-17(22)12-19(30)13-18;/h2-5,11-14,30H,6-10H2,1H3,(H2,23,24,26);1H. The SMILES string of the molecule is Cc1c(C=CCN2CCN(c3cc(O)cc(Cl)c3)CC2)cnn1-c1ccnc(N)n1.Cl. The monoisotopic (exact) mass is 461 g/mol. The zero-order valence-electron chi connectivity index (χ0n) is 17.1. The molecule has 3 N–H and O–H groups in total. The molecule has 0 atom stereocenters. The quantitative estimate of drug-likeness (QED) is 0.601. The van der Waals surface area contributed by atoms with E-state index >= 15 is 0 Å². The summed E-state index contributed by atoms with van der Waals surface area (Å²) in [6, 6.07) is 6.98. The molecule has 10 heteroatoms. The molecular weight excluding hydrogens is 437 g/mol. The Morgan fingerprint density at radius 3 is 2.68 bits per heavy atom. The number of halogens is 2. The summed E-state index contributed by atoms with van der Waals surface area (Å²) in [7, 11) is 0. The molecule has 0 saturated carbocycles. The molecule has 0 spiro atoms. The first-order valence-electron chi connectivity index (χ1n) is 9.76. The van der Waals surface area contributed by atoms with Crippen LogP contribution < -0.4 is 10.6 Å². The van der Waals surface area contributed by atoms with Gasteiger partial charge in [0.15, 0.2) is 5.82 Å². The minimum absolute atomic E-state index is 0. The molecule has 8 nitrogen and oxygen atoms in total. The lowest BCUT2D eigenvalue weighted by atomic mass is 10.2. The van der Waals surface area contributed by atoms with Gasteiger partial charge in [-0.15, -0.1) is 12.4 Å². The first-order chi connectivity index (χ1) is 14.5. The van der Waals surface area contributed by atoms with Gasteiger partial charge in [-0.1, -0.05) is 23.8 Å². The van der Waals surface area contributed by atoms with Gasteiger partial charge < -0.3 is 15.7 Å². The Labute approximate surface area is 192 Å². The van der Waals surface area contributed by atoms with Crippen LogP contribution in [0.25, 0.3) is 11.9 Å². The largest absolute Gasteiger partial charge is 0.508 e. The fourth-order valence-electron chi connectivity index (χ4n) is 3.56. The zero-order chi connectivity index (χ0) is 21.1. The van der Waals surface area contributed by atoms with Crippen molar-refractivity contribution >= 4 is 41.7 Å². The third kappa shape index (κ3) is 5.46. The molecule has 3 heterocycles. The summed E-state index contributed by atoms with van der Waals surface area (Å²) < 4.78 is 1.76. The average molecular weight is 462 g/mol. The number of nitrogens with zero attached hydrogens (tertiary/aromatic N) is 6. The van der Waals surface area contributed by atoms with Gasteiger partial charge in [-0.25, -0.2) is 9.67 Å². The molecule has 1 fully saturated rings. The maximum atomic E-state index is 9.76. The van der Waals surface area contributed by atoms with Crippen LogP contribution in [0.2, 0.25) is 5.02 Å². The van der Waals surface area contributed by atoms with E-state index in [1.807, 2.05) is 19.2 Å². The van der Waals surface area contributed by atoms with Crippen LogP contribution in [0.3, 0.4) is 0 Å². The second-order valence-corrected chi connectivity index (χ2v) is 7.66. The fourth-order valence-corrected chi connectivity index (χ4v) is 3.78. The van der Waals surface area contributed by atoms with Gasteiger partial charge in [0, 0.05) is 67.3 Å². The van der Waals surface area contributed by atoms with E-state index in [1.165, 1.54) is 0 Å². The molecule has 1 aromatic carbocycles. The number of anilines is 2. The van der Waals surface area contributed by atoms with Crippen LogP contribution in [0.5, 0.6) is 5.75 Å². The summed E-state index contributed by atoms with van der Waals surface area (Å²) in [6.07, 6.45) is 7.70. The summed E-state index contributed by atoms with van der Waals surface area (Å²) in [5.74, 6) is 1.08. The number of nitrogen functional groups attached to an aromatic ring is 1. The van der Waals surface area contributed by atoms with Gasteiger partial charge in [0.25, 0.3) is 0 Å². The molecule has 0 amide bonds. The topological polar surface area (TPSA) is 96.3 Å². The zero-order valence-corrected chi connectivity index (χ0v) is 18.7. The molecule has 164 valence electrons. The highest BCUT2D eigenvalue weighted by atomic mass is 35.5. The molecule has 4 rings (SSSR count). The number of phenols is 1. The molecule has 0 aliphatic carbocycles. The molecule has 1 aliphatic rings. The van der Waals surface area contributed by atoms with Crippen LogP contribution >= 0.6 is 24.0 Å². The van der Waals surface area contributed by atoms with E-state index in [2.05, 4.69) is 37.0 Å². The number of benzene rings is 1. The number of phenolic OH excluding ortho intramolecular Hbond substituents is 1. The second kappa shape index (κ2) is 10.00. The van der Waals surface area contributed by atoms with Gasteiger partial charge in [-0.3, -0.25) is 4.90 Å². The van der Waals surface area contributed by atoms with E-state index in [-0.39, 0.29) is 24.1 Å². The summed E-state index contributed by atoms with van der Waals surface area (Å²) in [5.41, 5.74) is 8.67. The molecule has 0 bridgehead atoms. The smallest absolute Gasteiger partial charge is 0.221 e. The van der Waals surface area contributed by atoms with E-state index in [9.17, 15) is 5.11 Å². The van der Waals surface area contributed by atoms with Crippen LogP contribution in [0.15, 0.2) is 42.7 Å². The van der Waals surface area contributed by atoms with Crippen molar-refractivity contribution in [1.29, 1.82) is 0 Å². The van der Waals surface area contributed by atoms with Crippen molar-refractivity contribution in [3.8, 4) is 11.6 Å². The van der Waals surface area contributed by atoms with Crippen LogP contribution in [0.4, 0.5) is 11.6 Å². The lowest BCUT2D eigenvalue weighted by molar-refractivity contribution is 0.284. The number of aromatic nitrogens is 4. The van der Waals surface area contributed by atoms with Crippen LogP contribution in [0, 0.1) is 6.92 Å². The Morgan fingerprint density at radius 1 is 1.19 bits per heavy atom. The van der Waals surface area contributed by atoms with E-state index in [0.717, 1.165) is 49.7 Å². The van der Waals surface area contributed by atoms with E-state index < -0.39 is 0 Å². The van der Waals surface area contributed by atoms with Crippen LogP contribution in [0.1, 0.15) is 11.3 Å². The number of piperazine rings is 1. The third-order valence-electron chi connectivity index (χ3n) is 5.19. The predicted molar refractivity (Wildman–Crippen MR) is 126 cm³/mol. The first kappa shape index (κ1) is 22.9. The number of rotatable bonds is 5. The predicted octanol–water partition coefficient (Wildman–Crippen LogP) is 3.17. The maximum Gasteiger partial charge on any atom is 0.221 e. The van der Waals surface area contributed by atoms with Crippen molar-refractivity contribution < 1.29 is 5.11 Å². The first-order valence-corrected chi connectivity index (χ1v) is 10.1. The lowest BCUT2D eigenvalue weighted by Gasteiger charge is -2.35. The summed E-state index contributed by atoms with van der Waals surface area (Å²) in [6.45, 7) is 6.52. The van der Waals surface area contributed by atoms with Crippen molar-refractivity contribution in [1.82, 2.24) is 24.6 Å². The van der Waals surface area contributed by atoms with Crippen molar-refractivity contribution in [3.05, 3.63) is 59.0 Å². The molecule has 3 aromatic rings. The van der Waals surface area contributed by atoms with Crippen molar-refractivity contribution in [2.24, 2.45) is 0 Å². The minimum atomic E-state index is 0. The van der Waals surface area contributed by atoms with Gasteiger partial charge in [0.1, 0.15) is 5.75 Å². The van der Waals surface area contributed by atoms with Gasteiger partial charge in [0.2, 0.25) is 5.95 Å². The number of hydrogen-bond acceptors (Lipinski definition) is 7. The van der Waals surface area contributed by atoms with Gasteiger partial charge in [-0.05, 0) is 19.1 Å². The van der Waals surface area contributed by atoms with E-state index in [0.29, 0.717) is 10.8 Å². The fraction of sp³-hybridized carbons (Fsp3) is 0.286. The molecule has 2 aromatic heterocycles. The van der Waals surface area contributed by atoms with E-state index in [1.54, 1.807) is 29.1 Å². The average Bonchev–Trinajstić information content (AvgIpc) is 3.08. The van der Waals surface area contributed by atoms with Crippen molar-refractivity contribution in [2.45, 2.75) is 6.92 Å². The molecule has 1 saturated heterocycles. The summed E-state index contributed by atoms with van der Waals surface area (Å²) >= 11 is 6.06. The van der Waals surface area contributed by atoms with Crippen LogP contribution in [-0.4, -0.2) is 62.5 Å². The molecule has 1 aliphatic heterocycles. The van der Waals surface area contributed by atoms with Gasteiger partial charge in [-0.2, -0.15) is 10.1 Å². The Kier molecular flexibility index (Phi) is 7.37. The normalized spacial score (nSPS) is 14.7. The summed E-state index contributed by atoms with van der Waals surface area (Å²) in [5, 5.41) is 14.7. The highest BCUT2D eigenvalue weighted by Gasteiger charge is 2.17. The molecule has 0 unspecified atom stereocenters. The Balaban J connectivity index is 0.00000272. The second-order valence-electron chi connectivity index (χ2n) is 7.23. The summed E-state index contributed by atoms with van der Waals surface area (Å²) in [4.78, 5) is 12.8. The maximum absolute atomic E-state index is 9.76. The Hall–Kier alpha value is -2.81. The van der Waals surface area contributed by atoms with Gasteiger partial charge >= 0.3 is 0 Å².